The van der Waals surface area contributed by atoms with E-state index in [0.29, 0.717) is 13.1 Å². The van der Waals surface area contributed by atoms with E-state index in [1.165, 1.54) is 11.1 Å². The number of hydrogen-bond acceptors (Lipinski definition) is 1. The molecule has 0 radical (unpaired) electrons. The van der Waals surface area contributed by atoms with Crippen molar-refractivity contribution >= 4 is 33.4 Å². The molecule has 1 amide bonds. The normalized spacial score (nSPS) is 12.0. The third kappa shape index (κ3) is 6.73. The summed E-state index contributed by atoms with van der Waals surface area (Å²) in [7, 11) is 2.03. The molecule has 0 aliphatic heterocycles. The highest BCUT2D eigenvalue weighted by Crippen LogP contribution is 2.10. The second kappa shape index (κ2) is 9.06. The van der Waals surface area contributed by atoms with Crippen LogP contribution in [0.15, 0.2) is 53.0 Å². The van der Waals surface area contributed by atoms with Crippen LogP contribution in [0.25, 0.3) is 0 Å². The smallest absolute Gasteiger partial charge is 0.275 e. The first-order valence-electron chi connectivity index (χ1n) is 7.60. The first-order chi connectivity index (χ1) is 11.0. The Morgan fingerprint density at radius 1 is 1.09 bits per heavy atom. The summed E-state index contributed by atoms with van der Waals surface area (Å²) in [6.45, 7) is 1.95. The Kier molecular flexibility index (Phi) is 7.09. The number of halogens is 2. The lowest BCUT2D eigenvalue weighted by atomic mass is 10.1. The minimum atomic E-state index is 0.0774. The number of carbonyl (C=O) groups is 1. The van der Waals surface area contributed by atoms with Crippen LogP contribution in [0.1, 0.15) is 11.1 Å². The van der Waals surface area contributed by atoms with Gasteiger partial charge in [-0.3, -0.25) is 4.79 Å². The van der Waals surface area contributed by atoms with Gasteiger partial charge in [0.1, 0.15) is 6.54 Å². The van der Waals surface area contributed by atoms with E-state index in [0.717, 1.165) is 27.4 Å². The van der Waals surface area contributed by atoms with Crippen LogP contribution in [0.2, 0.25) is 5.02 Å². The van der Waals surface area contributed by atoms with Crippen LogP contribution in [0.3, 0.4) is 0 Å². The van der Waals surface area contributed by atoms with Crippen molar-refractivity contribution in [3.8, 4) is 0 Å². The van der Waals surface area contributed by atoms with Gasteiger partial charge < -0.3 is 10.2 Å². The van der Waals surface area contributed by atoms with Gasteiger partial charge in [0, 0.05) is 21.6 Å². The summed E-state index contributed by atoms with van der Waals surface area (Å²) in [5.74, 6) is 0.0774. The third-order valence-electron chi connectivity index (χ3n) is 3.53. The number of nitrogens with one attached hydrogen (secondary N) is 2. The minimum absolute atomic E-state index is 0.0774. The molecule has 0 spiro atoms. The van der Waals surface area contributed by atoms with Crippen LogP contribution in [0, 0.1) is 0 Å². The average Bonchev–Trinajstić information content (AvgIpc) is 2.51. The molecular formula is C18H21BrClN2O+. The van der Waals surface area contributed by atoms with Crippen LogP contribution in [0.5, 0.6) is 0 Å². The Morgan fingerprint density at radius 3 is 2.35 bits per heavy atom. The van der Waals surface area contributed by atoms with Gasteiger partial charge in [0.15, 0.2) is 6.54 Å². The third-order valence-corrected chi connectivity index (χ3v) is 4.31. The zero-order valence-electron chi connectivity index (χ0n) is 13.1. The van der Waals surface area contributed by atoms with E-state index in [4.69, 9.17) is 11.6 Å². The Bertz CT molecular complexity index is 628. The molecule has 0 aromatic heterocycles. The molecule has 2 aromatic carbocycles. The highest BCUT2D eigenvalue weighted by Gasteiger charge is 2.10. The van der Waals surface area contributed by atoms with Crippen molar-refractivity contribution in [2.24, 2.45) is 0 Å². The molecule has 2 rings (SSSR count). The largest absolute Gasteiger partial charge is 0.351 e. The quantitative estimate of drug-likeness (QED) is 0.741. The Morgan fingerprint density at radius 2 is 1.70 bits per heavy atom. The number of carbonyl (C=O) groups excluding carboxylic acids is 1. The van der Waals surface area contributed by atoms with Crippen molar-refractivity contribution in [1.82, 2.24) is 5.32 Å². The average molecular weight is 397 g/mol. The molecule has 0 saturated carbocycles. The fourth-order valence-corrected chi connectivity index (χ4v) is 2.74. The number of quaternary nitrogens is 1. The number of likely N-dealkylation sites (N-methyl/N-ethyl adjacent to an activating group) is 1. The highest BCUT2D eigenvalue weighted by atomic mass is 79.9. The van der Waals surface area contributed by atoms with Crippen LogP contribution >= 0.6 is 27.5 Å². The van der Waals surface area contributed by atoms with Gasteiger partial charge in [-0.15, -0.1) is 0 Å². The summed E-state index contributed by atoms with van der Waals surface area (Å²) in [6, 6.07) is 15.9. The summed E-state index contributed by atoms with van der Waals surface area (Å²) in [5.41, 5.74) is 2.39. The lowest BCUT2D eigenvalue weighted by Gasteiger charge is -2.14. The molecule has 0 aliphatic carbocycles. The van der Waals surface area contributed by atoms with Crippen LogP contribution in [-0.2, 0) is 17.8 Å². The fourth-order valence-electron chi connectivity index (χ4n) is 2.35. The van der Waals surface area contributed by atoms with Crippen LogP contribution in [-0.4, -0.2) is 26.0 Å². The second-order valence-electron chi connectivity index (χ2n) is 5.66. The predicted octanol–water partition coefficient (Wildman–Crippen LogP) is 2.48. The SMILES string of the molecule is C[NH+](CC(=O)NCCc1ccc(Cl)cc1)Cc1ccc(Br)cc1. The molecule has 0 heterocycles. The number of benzene rings is 2. The van der Waals surface area contributed by atoms with Crippen LogP contribution in [0.4, 0.5) is 0 Å². The maximum absolute atomic E-state index is 12.0. The van der Waals surface area contributed by atoms with Gasteiger partial charge in [-0.05, 0) is 36.2 Å². The van der Waals surface area contributed by atoms with Gasteiger partial charge in [0.25, 0.3) is 5.91 Å². The Labute approximate surface area is 150 Å². The van der Waals surface area contributed by atoms with E-state index < -0.39 is 0 Å². The van der Waals surface area contributed by atoms with Crippen LogP contribution < -0.4 is 10.2 Å². The molecule has 122 valence electrons. The number of rotatable bonds is 7. The molecule has 0 saturated heterocycles. The number of amides is 1. The topological polar surface area (TPSA) is 33.5 Å². The molecule has 3 nitrogen and oxygen atoms in total. The maximum Gasteiger partial charge on any atom is 0.275 e. The molecule has 0 aliphatic rings. The van der Waals surface area contributed by atoms with Crippen molar-refractivity contribution in [3.63, 3.8) is 0 Å². The standard InChI is InChI=1S/C18H20BrClN2O/c1-22(12-15-2-6-16(19)7-3-15)13-18(23)21-11-10-14-4-8-17(20)9-5-14/h2-9H,10-13H2,1H3,(H,21,23)/p+1. The van der Waals surface area contributed by atoms with Gasteiger partial charge in [0.2, 0.25) is 0 Å². The Hall–Kier alpha value is -1.36. The summed E-state index contributed by atoms with van der Waals surface area (Å²) in [5, 5.41) is 3.70. The minimum Gasteiger partial charge on any atom is -0.351 e. The van der Waals surface area contributed by atoms with Gasteiger partial charge in [-0.2, -0.15) is 0 Å². The first kappa shape index (κ1) is 18.0. The summed E-state index contributed by atoms with van der Waals surface area (Å²) in [4.78, 5) is 13.1. The fraction of sp³-hybridized carbons (Fsp3) is 0.278. The highest BCUT2D eigenvalue weighted by molar-refractivity contribution is 9.10. The van der Waals surface area contributed by atoms with E-state index in [-0.39, 0.29) is 5.91 Å². The molecule has 0 fully saturated rings. The molecule has 0 bridgehead atoms. The Balaban J connectivity index is 1.69. The van der Waals surface area contributed by atoms with Gasteiger partial charge in [-0.1, -0.05) is 51.8 Å². The van der Waals surface area contributed by atoms with Gasteiger partial charge in [-0.25, -0.2) is 0 Å². The zero-order chi connectivity index (χ0) is 16.7. The lowest BCUT2D eigenvalue weighted by Crippen LogP contribution is -3.08. The molecule has 1 unspecified atom stereocenters. The molecular weight excluding hydrogens is 376 g/mol. The van der Waals surface area contributed by atoms with E-state index in [9.17, 15) is 4.79 Å². The van der Waals surface area contributed by atoms with Crippen molar-refractivity contribution < 1.29 is 9.69 Å². The lowest BCUT2D eigenvalue weighted by molar-refractivity contribution is -0.885. The first-order valence-corrected chi connectivity index (χ1v) is 8.77. The van der Waals surface area contributed by atoms with E-state index in [1.54, 1.807) is 0 Å². The monoisotopic (exact) mass is 395 g/mol. The zero-order valence-corrected chi connectivity index (χ0v) is 15.5. The predicted molar refractivity (Wildman–Crippen MR) is 97.8 cm³/mol. The summed E-state index contributed by atoms with van der Waals surface area (Å²) >= 11 is 9.28. The van der Waals surface area contributed by atoms with Gasteiger partial charge >= 0.3 is 0 Å². The maximum atomic E-state index is 12.0. The van der Waals surface area contributed by atoms with Gasteiger partial charge in [0.05, 0.1) is 7.05 Å². The van der Waals surface area contributed by atoms with Crippen molar-refractivity contribution in [2.45, 2.75) is 13.0 Å². The molecule has 1 atom stereocenters. The van der Waals surface area contributed by atoms with Crippen molar-refractivity contribution in [2.75, 3.05) is 20.1 Å². The van der Waals surface area contributed by atoms with E-state index in [2.05, 4.69) is 33.4 Å². The van der Waals surface area contributed by atoms with Crippen molar-refractivity contribution in [1.29, 1.82) is 0 Å². The molecule has 2 aromatic rings. The molecule has 5 heteroatoms. The second-order valence-corrected chi connectivity index (χ2v) is 7.02. The molecule has 2 N–H and O–H groups in total. The number of hydrogen-bond donors (Lipinski definition) is 2. The van der Waals surface area contributed by atoms with E-state index >= 15 is 0 Å². The van der Waals surface area contributed by atoms with E-state index in [1.807, 2.05) is 43.4 Å². The summed E-state index contributed by atoms with van der Waals surface area (Å²) in [6.07, 6.45) is 0.814. The molecule has 23 heavy (non-hydrogen) atoms. The summed E-state index contributed by atoms with van der Waals surface area (Å²) < 4.78 is 1.07. The van der Waals surface area contributed by atoms with Crippen molar-refractivity contribution in [3.05, 3.63) is 69.2 Å².